The van der Waals surface area contributed by atoms with Crippen LogP contribution in [-0.4, -0.2) is 5.11 Å². The van der Waals surface area contributed by atoms with Crippen molar-refractivity contribution in [2.45, 2.75) is 26.4 Å². The molecule has 1 N–H and O–H groups in total. The SMILES string of the molecule is CCC(C)C(O)c1ccc(Br)cc1Br. The van der Waals surface area contributed by atoms with Crippen LogP contribution >= 0.6 is 31.9 Å². The molecule has 0 radical (unpaired) electrons. The minimum atomic E-state index is -0.387. The van der Waals surface area contributed by atoms with Crippen LogP contribution in [0.2, 0.25) is 0 Å². The highest BCUT2D eigenvalue weighted by atomic mass is 79.9. The second-order valence-corrected chi connectivity index (χ2v) is 5.27. The summed E-state index contributed by atoms with van der Waals surface area (Å²) in [6, 6.07) is 5.86. The maximum Gasteiger partial charge on any atom is 0.0826 e. The number of hydrogen-bond donors (Lipinski definition) is 1. The Hall–Kier alpha value is 0.140. The van der Waals surface area contributed by atoms with Crippen LogP contribution in [0, 0.1) is 5.92 Å². The quantitative estimate of drug-likeness (QED) is 0.880. The third-order valence-electron chi connectivity index (χ3n) is 2.46. The lowest BCUT2D eigenvalue weighted by molar-refractivity contribution is 0.115. The molecule has 2 unspecified atom stereocenters. The highest BCUT2D eigenvalue weighted by Gasteiger charge is 2.16. The van der Waals surface area contributed by atoms with Crippen LogP contribution in [0.3, 0.4) is 0 Å². The highest BCUT2D eigenvalue weighted by Crippen LogP contribution is 2.31. The van der Waals surface area contributed by atoms with Crippen molar-refractivity contribution in [1.82, 2.24) is 0 Å². The smallest absolute Gasteiger partial charge is 0.0826 e. The molecule has 0 amide bonds. The molecular weight excluding hydrogens is 308 g/mol. The number of hydrogen-bond acceptors (Lipinski definition) is 1. The van der Waals surface area contributed by atoms with E-state index in [4.69, 9.17) is 0 Å². The highest BCUT2D eigenvalue weighted by molar-refractivity contribution is 9.11. The van der Waals surface area contributed by atoms with Gasteiger partial charge in [-0.2, -0.15) is 0 Å². The first kappa shape index (κ1) is 12.2. The normalized spacial score (nSPS) is 15.2. The van der Waals surface area contributed by atoms with Gasteiger partial charge in [-0.15, -0.1) is 0 Å². The molecule has 0 aromatic heterocycles. The van der Waals surface area contributed by atoms with Gasteiger partial charge in [-0.3, -0.25) is 0 Å². The van der Waals surface area contributed by atoms with Crippen molar-refractivity contribution < 1.29 is 5.11 Å². The summed E-state index contributed by atoms with van der Waals surface area (Å²) in [5.41, 5.74) is 0.961. The third-order valence-corrected chi connectivity index (χ3v) is 3.64. The second kappa shape index (κ2) is 5.29. The second-order valence-electron chi connectivity index (χ2n) is 3.50. The molecule has 0 heterocycles. The molecular formula is C11H14Br2O. The largest absolute Gasteiger partial charge is 0.388 e. The monoisotopic (exact) mass is 320 g/mol. The summed E-state index contributed by atoms with van der Waals surface area (Å²) in [6.07, 6.45) is 0.589. The van der Waals surface area contributed by atoms with E-state index < -0.39 is 0 Å². The van der Waals surface area contributed by atoms with E-state index in [0.717, 1.165) is 20.9 Å². The zero-order valence-electron chi connectivity index (χ0n) is 8.30. The summed E-state index contributed by atoms with van der Waals surface area (Å²) < 4.78 is 1.98. The maximum absolute atomic E-state index is 10.0. The van der Waals surface area contributed by atoms with Crippen molar-refractivity contribution in [2.75, 3.05) is 0 Å². The lowest BCUT2D eigenvalue weighted by atomic mass is 9.95. The number of aliphatic hydroxyl groups excluding tert-OH is 1. The van der Waals surface area contributed by atoms with Gasteiger partial charge in [-0.1, -0.05) is 58.2 Å². The first-order valence-electron chi connectivity index (χ1n) is 4.69. The van der Waals surface area contributed by atoms with E-state index in [0.29, 0.717) is 0 Å². The fourth-order valence-corrected chi connectivity index (χ4v) is 2.55. The number of aliphatic hydroxyl groups is 1. The molecule has 0 bridgehead atoms. The third kappa shape index (κ3) is 2.81. The molecule has 1 nitrogen and oxygen atoms in total. The van der Waals surface area contributed by atoms with Gasteiger partial charge in [0.2, 0.25) is 0 Å². The Morgan fingerprint density at radius 3 is 2.50 bits per heavy atom. The lowest BCUT2D eigenvalue weighted by Crippen LogP contribution is -2.08. The zero-order chi connectivity index (χ0) is 10.7. The number of benzene rings is 1. The Balaban J connectivity index is 2.95. The van der Waals surface area contributed by atoms with Gasteiger partial charge in [-0.25, -0.2) is 0 Å². The van der Waals surface area contributed by atoms with Crippen molar-refractivity contribution in [1.29, 1.82) is 0 Å². The minimum Gasteiger partial charge on any atom is -0.388 e. The van der Waals surface area contributed by atoms with Crippen molar-refractivity contribution in [3.05, 3.63) is 32.7 Å². The van der Waals surface area contributed by atoms with Gasteiger partial charge in [0, 0.05) is 8.95 Å². The predicted octanol–water partition coefficient (Wildman–Crippen LogP) is 4.29. The van der Waals surface area contributed by atoms with Gasteiger partial charge in [-0.05, 0) is 23.6 Å². The van der Waals surface area contributed by atoms with Gasteiger partial charge in [0.1, 0.15) is 0 Å². The molecule has 14 heavy (non-hydrogen) atoms. The number of halogens is 2. The molecule has 1 aromatic rings. The average molecular weight is 322 g/mol. The van der Waals surface area contributed by atoms with E-state index in [-0.39, 0.29) is 12.0 Å². The summed E-state index contributed by atoms with van der Waals surface area (Å²) in [5, 5.41) is 10.0. The van der Waals surface area contributed by atoms with Crippen LogP contribution in [0.5, 0.6) is 0 Å². The molecule has 0 aliphatic heterocycles. The van der Waals surface area contributed by atoms with E-state index in [1.165, 1.54) is 0 Å². The average Bonchev–Trinajstić information content (AvgIpc) is 2.15. The maximum atomic E-state index is 10.0. The predicted molar refractivity (Wildman–Crippen MR) is 66.3 cm³/mol. The van der Waals surface area contributed by atoms with Crippen LogP contribution in [-0.2, 0) is 0 Å². The van der Waals surface area contributed by atoms with Crippen molar-refractivity contribution in [3.8, 4) is 0 Å². The van der Waals surface area contributed by atoms with E-state index in [1.807, 2.05) is 18.2 Å². The van der Waals surface area contributed by atoms with Crippen molar-refractivity contribution >= 4 is 31.9 Å². The number of rotatable bonds is 3. The Bertz CT molecular complexity index is 312. The first-order valence-corrected chi connectivity index (χ1v) is 6.27. The summed E-state index contributed by atoms with van der Waals surface area (Å²) in [6.45, 7) is 4.14. The van der Waals surface area contributed by atoms with Crippen LogP contribution in [0.4, 0.5) is 0 Å². The Morgan fingerprint density at radius 2 is 2.00 bits per heavy atom. The van der Waals surface area contributed by atoms with Gasteiger partial charge < -0.3 is 5.11 Å². The minimum absolute atomic E-state index is 0.285. The van der Waals surface area contributed by atoms with Crippen LogP contribution < -0.4 is 0 Å². The Kier molecular flexibility index (Phi) is 4.61. The molecule has 0 spiro atoms. The van der Waals surface area contributed by atoms with Gasteiger partial charge in [0.15, 0.2) is 0 Å². The lowest BCUT2D eigenvalue weighted by Gasteiger charge is -2.18. The first-order chi connectivity index (χ1) is 6.56. The molecule has 3 heteroatoms. The summed E-state index contributed by atoms with van der Waals surface area (Å²) >= 11 is 6.84. The molecule has 78 valence electrons. The van der Waals surface area contributed by atoms with Gasteiger partial charge in [0.05, 0.1) is 6.10 Å². The molecule has 0 saturated carbocycles. The standard InChI is InChI=1S/C11H14Br2O/c1-3-7(2)11(14)9-5-4-8(12)6-10(9)13/h4-7,11,14H,3H2,1-2H3. The molecule has 0 aliphatic carbocycles. The van der Waals surface area contributed by atoms with Gasteiger partial charge in [0.25, 0.3) is 0 Å². The van der Waals surface area contributed by atoms with Crippen LogP contribution in [0.1, 0.15) is 31.9 Å². The summed E-state index contributed by atoms with van der Waals surface area (Å²) in [5.74, 6) is 0.285. The van der Waals surface area contributed by atoms with E-state index in [2.05, 4.69) is 45.7 Å². The Morgan fingerprint density at radius 1 is 1.36 bits per heavy atom. The molecule has 0 saturated heterocycles. The fraction of sp³-hybridized carbons (Fsp3) is 0.455. The fourth-order valence-electron chi connectivity index (χ4n) is 1.27. The van der Waals surface area contributed by atoms with Crippen LogP contribution in [0.15, 0.2) is 27.1 Å². The summed E-state index contributed by atoms with van der Waals surface area (Å²) in [7, 11) is 0. The van der Waals surface area contributed by atoms with E-state index in [1.54, 1.807) is 0 Å². The van der Waals surface area contributed by atoms with Crippen molar-refractivity contribution in [3.63, 3.8) is 0 Å². The molecule has 0 aliphatic rings. The van der Waals surface area contributed by atoms with E-state index >= 15 is 0 Å². The van der Waals surface area contributed by atoms with Gasteiger partial charge >= 0.3 is 0 Å². The van der Waals surface area contributed by atoms with E-state index in [9.17, 15) is 5.11 Å². The zero-order valence-corrected chi connectivity index (χ0v) is 11.5. The topological polar surface area (TPSA) is 20.2 Å². The van der Waals surface area contributed by atoms with Crippen LogP contribution in [0.25, 0.3) is 0 Å². The Labute approximate surface area is 102 Å². The molecule has 1 rings (SSSR count). The molecule has 1 aromatic carbocycles. The molecule has 0 fully saturated rings. The van der Waals surface area contributed by atoms with Crippen molar-refractivity contribution in [2.24, 2.45) is 5.92 Å². The molecule has 2 atom stereocenters. The summed E-state index contributed by atoms with van der Waals surface area (Å²) in [4.78, 5) is 0.